The largest absolute Gasteiger partial charge is 0.479 e. The topological polar surface area (TPSA) is 81.0 Å². The molecule has 2 aliphatic heterocycles. The molecule has 0 amide bonds. The fourth-order valence-electron chi connectivity index (χ4n) is 5.62. The summed E-state index contributed by atoms with van der Waals surface area (Å²) < 4.78 is 35.4. The highest BCUT2D eigenvalue weighted by atomic mass is 19.2. The number of aryl methyl sites for hydroxylation is 2. The second-order valence-electron chi connectivity index (χ2n) is 9.51. The minimum Gasteiger partial charge on any atom is -0.479 e. The van der Waals surface area contributed by atoms with Crippen LogP contribution in [0.15, 0.2) is 30.6 Å². The van der Waals surface area contributed by atoms with Gasteiger partial charge in [0.2, 0.25) is 11.8 Å². The minimum atomic E-state index is -0.972. The van der Waals surface area contributed by atoms with E-state index in [4.69, 9.17) is 9.72 Å². The highest BCUT2D eigenvalue weighted by Crippen LogP contribution is 2.40. The number of nitrogens with zero attached hydrogens (tertiary/aromatic N) is 6. The molecule has 3 aromatic rings. The van der Waals surface area contributed by atoms with Crippen LogP contribution in [0.2, 0.25) is 0 Å². The third-order valence-electron chi connectivity index (χ3n) is 7.25. The van der Waals surface area contributed by atoms with E-state index in [0.717, 1.165) is 56.5 Å². The summed E-state index contributed by atoms with van der Waals surface area (Å²) in [6.07, 6.45) is 4.98. The zero-order valence-corrected chi connectivity index (χ0v) is 19.0. The number of ether oxygens (including phenoxy) is 1. The van der Waals surface area contributed by atoms with E-state index in [1.54, 1.807) is 6.33 Å². The Balaban J connectivity index is 1.17. The van der Waals surface area contributed by atoms with E-state index in [0.29, 0.717) is 36.1 Å². The Kier molecular flexibility index (Phi) is 5.30. The number of nitrogens with one attached hydrogen (secondary N) is 1. The summed E-state index contributed by atoms with van der Waals surface area (Å²) in [6.45, 7) is 4.58. The number of hydrogen-bond acceptors (Lipinski definition) is 7. The maximum Gasteiger partial charge on any atom is 0.242 e. The lowest BCUT2D eigenvalue weighted by Crippen LogP contribution is -2.48. The number of anilines is 2. The van der Waals surface area contributed by atoms with Gasteiger partial charge < -0.3 is 15.0 Å². The number of piperidine rings is 1. The van der Waals surface area contributed by atoms with Crippen LogP contribution in [0, 0.1) is 30.4 Å². The van der Waals surface area contributed by atoms with E-state index < -0.39 is 17.7 Å². The summed E-state index contributed by atoms with van der Waals surface area (Å²) in [4.78, 5) is 15.8. The van der Waals surface area contributed by atoms with Gasteiger partial charge in [0.25, 0.3) is 0 Å². The number of hydrogen-bond donors (Lipinski definition) is 1. The molecule has 2 fully saturated rings. The van der Waals surface area contributed by atoms with E-state index in [-0.39, 0.29) is 5.75 Å². The molecule has 6 rings (SSSR count). The van der Waals surface area contributed by atoms with Crippen molar-refractivity contribution in [2.45, 2.75) is 51.3 Å². The van der Waals surface area contributed by atoms with Crippen molar-refractivity contribution in [2.24, 2.45) is 11.8 Å². The van der Waals surface area contributed by atoms with Gasteiger partial charge >= 0.3 is 0 Å². The Morgan fingerprint density at radius 2 is 1.91 bits per heavy atom. The van der Waals surface area contributed by atoms with Crippen molar-refractivity contribution in [1.82, 2.24) is 24.7 Å². The van der Waals surface area contributed by atoms with Crippen molar-refractivity contribution >= 4 is 11.8 Å². The highest BCUT2D eigenvalue weighted by molar-refractivity contribution is 5.41. The van der Waals surface area contributed by atoms with E-state index in [2.05, 4.69) is 25.3 Å². The monoisotopic (exact) mass is 467 g/mol. The fraction of sp³-hybridized carbons (Fsp3) is 0.500. The first-order valence-electron chi connectivity index (χ1n) is 11.9. The third-order valence-corrected chi connectivity index (χ3v) is 7.25. The van der Waals surface area contributed by atoms with Gasteiger partial charge in [-0.2, -0.15) is 9.37 Å². The van der Waals surface area contributed by atoms with E-state index in [1.807, 2.05) is 17.7 Å². The van der Waals surface area contributed by atoms with Gasteiger partial charge in [-0.15, -0.1) is 5.10 Å². The number of aromatic nitrogens is 5. The van der Waals surface area contributed by atoms with Gasteiger partial charge in [0.15, 0.2) is 23.5 Å². The van der Waals surface area contributed by atoms with Gasteiger partial charge in [-0.3, -0.25) is 0 Å². The number of benzene rings is 1. The molecule has 34 heavy (non-hydrogen) atoms. The van der Waals surface area contributed by atoms with Gasteiger partial charge in [0.05, 0.1) is 0 Å². The Morgan fingerprint density at radius 1 is 1.09 bits per heavy atom. The summed E-state index contributed by atoms with van der Waals surface area (Å²) in [7, 11) is 0. The first-order valence-corrected chi connectivity index (χ1v) is 11.9. The molecular weight excluding hydrogens is 440 g/mol. The number of fused-ring (bicyclic) bond motifs is 3. The summed E-state index contributed by atoms with van der Waals surface area (Å²) in [6, 6.07) is 6.30. The van der Waals surface area contributed by atoms with Crippen molar-refractivity contribution in [3.63, 3.8) is 0 Å². The average Bonchev–Trinajstić information content (AvgIpc) is 3.33. The molecule has 2 aromatic heterocycles. The molecule has 178 valence electrons. The second-order valence-corrected chi connectivity index (χ2v) is 9.51. The van der Waals surface area contributed by atoms with Crippen molar-refractivity contribution in [1.29, 1.82) is 0 Å². The average molecular weight is 468 g/mol. The molecule has 0 spiro atoms. The summed E-state index contributed by atoms with van der Waals surface area (Å²) in [5, 5.41) is 8.27. The van der Waals surface area contributed by atoms with Crippen molar-refractivity contribution in [2.75, 3.05) is 23.3 Å². The van der Waals surface area contributed by atoms with Crippen LogP contribution < -0.4 is 15.0 Å². The first kappa shape index (κ1) is 21.2. The normalized spacial score (nSPS) is 25.8. The smallest absolute Gasteiger partial charge is 0.242 e. The lowest BCUT2D eigenvalue weighted by molar-refractivity contribution is 0.147. The van der Waals surface area contributed by atoms with Crippen LogP contribution in [-0.4, -0.2) is 43.9 Å². The van der Waals surface area contributed by atoms with E-state index in [1.165, 1.54) is 12.1 Å². The van der Waals surface area contributed by atoms with Crippen LogP contribution in [0.3, 0.4) is 0 Å². The van der Waals surface area contributed by atoms with Gasteiger partial charge in [-0.05, 0) is 56.6 Å². The Hall–Kier alpha value is -3.30. The zero-order valence-electron chi connectivity index (χ0n) is 19.0. The molecule has 1 aromatic carbocycles. The van der Waals surface area contributed by atoms with Gasteiger partial charge in [-0.1, -0.05) is 6.07 Å². The standard InChI is InChI=1S/C24H27F2N7O/c1-14-10-20(28-13-27-14)32-11-15-7-8-16(12-32)22(15)29-24-30-23-19(6-3-9-33(23)31-24)34-18-5-2-4-17(25)21(18)26/h2,4-5,10,13,15-16,19,22H,3,6-9,11-12H2,1H3,(H,29,31)/t15-,16+,19-,22?/m1/s1. The molecule has 1 N–H and O–H groups in total. The quantitative estimate of drug-likeness (QED) is 0.610. The third kappa shape index (κ3) is 3.84. The molecule has 0 radical (unpaired) electrons. The zero-order chi connectivity index (χ0) is 23.2. The van der Waals surface area contributed by atoms with Crippen LogP contribution in [0.25, 0.3) is 0 Å². The van der Waals surface area contributed by atoms with E-state index >= 15 is 0 Å². The van der Waals surface area contributed by atoms with E-state index in [9.17, 15) is 8.78 Å². The van der Waals surface area contributed by atoms with Crippen molar-refractivity contribution in [3.8, 4) is 5.75 Å². The van der Waals surface area contributed by atoms with Gasteiger partial charge in [0.1, 0.15) is 12.1 Å². The second kappa shape index (κ2) is 8.48. The Labute approximate surface area is 196 Å². The lowest BCUT2D eigenvalue weighted by atomic mass is 9.92. The molecule has 2 bridgehead atoms. The number of rotatable bonds is 5. The molecule has 1 saturated carbocycles. The Morgan fingerprint density at radius 3 is 2.71 bits per heavy atom. The molecule has 8 nitrogen and oxygen atoms in total. The maximum atomic E-state index is 14.1. The van der Waals surface area contributed by atoms with Gasteiger partial charge in [0, 0.05) is 37.4 Å². The molecule has 10 heteroatoms. The highest BCUT2D eigenvalue weighted by Gasteiger charge is 2.43. The summed E-state index contributed by atoms with van der Waals surface area (Å²) in [5.74, 6) is 1.18. The first-order chi connectivity index (χ1) is 16.5. The van der Waals surface area contributed by atoms with Gasteiger partial charge in [-0.25, -0.2) is 19.0 Å². The van der Waals surface area contributed by atoms with Crippen LogP contribution in [0.5, 0.6) is 5.75 Å². The molecule has 1 aliphatic carbocycles. The molecule has 4 heterocycles. The van der Waals surface area contributed by atoms with Crippen LogP contribution in [-0.2, 0) is 6.54 Å². The number of halogens is 2. The predicted octanol–water partition coefficient (Wildman–Crippen LogP) is 3.90. The molecule has 1 unspecified atom stereocenters. The molecule has 3 aliphatic rings. The molecule has 1 saturated heterocycles. The lowest BCUT2D eigenvalue weighted by Gasteiger charge is -2.38. The van der Waals surface area contributed by atoms with Crippen LogP contribution in [0.1, 0.15) is 43.3 Å². The summed E-state index contributed by atoms with van der Waals surface area (Å²) >= 11 is 0. The minimum absolute atomic E-state index is 0.0960. The van der Waals surface area contributed by atoms with Crippen LogP contribution >= 0.6 is 0 Å². The predicted molar refractivity (Wildman–Crippen MR) is 122 cm³/mol. The molecule has 4 atom stereocenters. The molecular formula is C24H27F2N7O. The van der Waals surface area contributed by atoms with Crippen LogP contribution in [0.4, 0.5) is 20.5 Å². The summed E-state index contributed by atoms with van der Waals surface area (Å²) in [5.41, 5.74) is 0.972. The SMILES string of the molecule is Cc1cc(N2C[C@H]3CC[C@@H](C2)C3Nc2nc3n(n2)CCC[C@H]3Oc2cccc(F)c2F)ncn1. The fourth-order valence-corrected chi connectivity index (χ4v) is 5.62. The Bertz CT molecular complexity index is 1190. The van der Waals surface area contributed by atoms with Crippen molar-refractivity contribution in [3.05, 3.63) is 53.7 Å². The van der Waals surface area contributed by atoms with Crippen molar-refractivity contribution < 1.29 is 13.5 Å². The maximum absolute atomic E-state index is 14.1.